The Kier molecular flexibility index (Phi) is 4.65. The zero-order valence-corrected chi connectivity index (χ0v) is 12.2. The summed E-state index contributed by atoms with van der Waals surface area (Å²) in [7, 11) is 3.01. The van der Waals surface area contributed by atoms with Gasteiger partial charge in [-0.25, -0.2) is 8.78 Å². The molecule has 0 amide bonds. The zero-order chi connectivity index (χ0) is 15.6. The quantitative estimate of drug-likeness (QED) is 0.876. The van der Waals surface area contributed by atoms with Gasteiger partial charge in [-0.1, -0.05) is 11.6 Å². The molecule has 0 heterocycles. The van der Waals surface area contributed by atoms with E-state index >= 15 is 0 Å². The maximum Gasteiger partial charge on any atom is 0.160 e. The van der Waals surface area contributed by atoms with Crippen LogP contribution in [0.3, 0.4) is 0 Å². The second kappa shape index (κ2) is 6.28. The van der Waals surface area contributed by atoms with Crippen LogP contribution >= 0.6 is 11.6 Å². The molecule has 2 rings (SSSR count). The Hall–Kier alpha value is -1.85. The molecule has 6 heteroatoms. The molecule has 3 nitrogen and oxygen atoms in total. The predicted molar refractivity (Wildman–Crippen MR) is 76.9 cm³/mol. The van der Waals surface area contributed by atoms with Crippen molar-refractivity contribution in [3.63, 3.8) is 0 Å². The van der Waals surface area contributed by atoms with Gasteiger partial charge in [-0.05, 0) is 35.9 Å². The van der Waals surface area contributed by atoms with Crippen LogP contribution in [0.15, 0.2) is 30.3 Å². The number of hydrogen-bond donors (Lipinski definition) is 1. The summed E-state index contributed by atoms with van der Waals surface area (Å²) in [6.07, 6.45) is 0. The highest BCUT2D eigenvalue weighted by Crippen LogP contribution is 2.35. The summed E-state index contributed by atoms with van der Waals surface area (Å²) in [4.78, 5) is 0. The van der Waals surface area contributed by atoms with Crippen LogP contribution in [0.25, 0.3) is 0 Å². The third-order valence-corrected chi connectivity index (χ3v) is 3.47. The lowest BCUT2D eigenvalue weighted by Gasteiger charge is -2.18. The van der Waals surface area contributed by atoms with Gasteiger partial charge in [0, 0.05) is 10.6 Å². The first-order valence-electron chi connectivity index (χ1n) is 6.10. The molecule has 0 saturated heterocycles. The van der Waals surface area contributed by atoms with E-state index in [0.29, 0.717) is 17.1 Å². The first kappa shape index (κ1) is 15.5. The van der Waals surface area contributed by atoms with Crippen molar-refractivity contribution in [2.75, 3.05) is 14.2 Å². The fourth-order valence-corrected chi connectivity index (χ4v) is 2.29. The number of nitrogens with two attached hydrogens (primary N) is 1. The van der Waals surface area contributed by atoms with Crippen LogP contribution in [-0.4, -0.2) is 14.2 Å². The minimum absolute atomic E-state index is 0.0475. The van der Waals surface area contributed by atoms with Crippen LogP contribution in [0, 0.1) is 11.6 Å². The molecule has 0 fully saturated rings. The summed E-state index contributed by atoms with van der Waals surface area (Å²) in [5.74, 6) is -0.954. The minimum atomic E-state index is -1.02. The second-order valence-electron chi connectivity index (χ2n) is 4.37. The van der Waals surface area contributed by atoms with Crippen LogP contribution in [0.2, 0.25) is 5.02 Å². The SMILES string of the molecule is COc1ccc(OC)c(C(N)c2cc(F)c(F)cc2Cl)c1. The maximum atomic E-state index is 13.4. The van der Waals surface area contributed by atoms with E-state index in [9.17, 15) is 8.78 Å². The molecule has 1 atom stereocenters. The molecule has 0 radical (unpaired) electrons. The van der Waals surface area contributed by atoms with Gasteiger partial charge in [0.05, 0.1) is 20.3 Å². The molecule has 0 aliphatic heterocycles. The van der Waals surface area contributed by atoms with Crippen molar-refractivity contribution < 1.29 is 18.3 Å². The monoisotopic (exact) mass is 313 g/mol. The lowest BCUT2D eigenvalue weighted by molar-refractivity contribution is 0.397. The Morgan fingerprint density at radius 2 is 1.67 bits per heavy atom. The number of hydrogen-bond acceptors (Lipinski definition) is 3. The van der Waals surface area contributed by atoms with E-state index < -0.39 is 17.7 Å². The lowest BCUT2D eigenvalue weighted by atomic mass is 9.98. The minimum Gasteiger partial charge on any atom is -0.497 e. The first-order chi connectivity index (χ1) is 9.97. The summed E-state index contributed by atoms with van der Waals surface area (Å²) < 4.78 is 36.9. The molecule has 1 unspecified atom stereocenters. The van der Waals surface area contributed by atoms with Crippen LogP contribution in [0.1, 0.15) is 17.2 Å². The molecule has 2 aromatic rings. The second-order valence-corrected chi connectivity index (χ2v) is 4.78. The molecule has 0 aliphatic rings. The van der Waals surface area contributed by atoms with E-state index in [-0.39, 0.29) is 10.6 Å². The number of rotatable bonds is 4. The van der Waals surface area contributed by atoms with E-state index in [1.165, 1.54) is 14.2 Å². The summed E-state index contributed by atoms with van der Waals surface area (Å²) >= 11 is 5.96. The highest BCUT2D eigenvalue weighted by molar-refractivity contribution is 6.31. The summed E-state index contributed by atoms with van der Waals surface area (Å²) in [5.41, 5.74) is 6.95. The molecule has 0 saturated carbocycles. The third-order valence-electron chi connectivity index (χ3n) is 3.15. The highest BCUT2D eigenvalue weighted by Gasteiger charge is 2.20. The highest BCUT2D eigenvalue weighted by atomic mass is 35.5. The van der Waals surface area contributed by atoms with E-state index in [1.807, 2.05) is 0 Å². The predicted octanol–water partition coefficient (Wildman–Crippen LogP) is 3.68. The van der Waals surface area contributed by atoms with Crippen molar-refractivity contribution in [1.82, 2.24) is 0 Å². The van der Waals surface area contributed by atoms with Gasteiger partial charge in [0.2, 0.25) is 0 Å². The number of halogens is 3. The van der Waals surface area contributed by atoms with Crippen LogP contribution in [-0.2, 0) is 0 Å². The smallest absolute Gasteiger partial charge is 0.160 e. The molecule has 0 bridgehead atoms. The third kappa shape index (κ3) is 3.09. The van der Waals surface area contributed by atoms with Crippen molar-refractivity contribution in [2.24, 2.45) is 5.73 Å². The van der Waals surface area contributed by atoms with Gasteiger partial charge in [-0.3, -0.25) is 0 Å². The van der Waals surface area contributed by atoms with E-state index in [2.05, 4.69) is 0 Å². The van der Waals surface area contributed by atoms with Crippen LogP contribution < -0.4 is 15.2 Å². The Labute approximate surface area is 126 Å². The van der Waals surface area contributed by atoms with E-state index in [1.54, 1.807) is 18.2 Å². The Balaban J connectivity index is 2.53. The summed E-state index contributed by atoms with van der Waals surface area (Å²) in [6, 6.07) is 6.17. The molecule has 112 valence electrons. The lowest BCUT2D eigenvalue weighted by Crippen LogP contribution is -2.14. The fraction of sp³-hybridized carbons (Fsp3) is 0.200. The number of benzene rings is 2. The van der Waals surface area contributed by atoms with Crippen LogP contribution in [0.5, 0.6) is 11.5 Å². The molecule has 2 N–H and O–H groups in total. The Morgan fingerprint density at radius 3 is 2.29 bits per heavy atom. The van der Waals surface area contributed by atoms with Crippen molar-refractivity contribution in [3.8, 4) is 11.5 Å². The van der Waals surface area contributed by atoms with Gasteiger partial charge in [-0.2, -0.15) is 0 Å². The van der Waals surface area contributed by atoms with Crippen molar-refractivity contribution in [3.05, 3.63) is 58.1 Å². The maximum absolute atomic E-state index is 13.4. The first-order valence-corrected chi connectivity index (χ1v) is 6.47. The molecule has 0 aromatic heterocycles. The van der Waals surface area contributed by atoms with Crippen molar-refractivity contribution in [2.45, 2.75) is 6.04 Å². The normalized spacial score (nSPS) is 12.1. The Morgan fingerprint density at radius 1 is 1.00 bits per heavy atom. The van der Waals surface area contributed by atoms with E-state index in [4.69, 9.17) is 26.8 Å². The fourth-order valence-electron chi connectivity index (χ4n) is 2.03. The molecule has 0 spiro atoms. The number of methoxy groups -OCH3 is 2. The van der Waals surface area contributed by atoms with Crippen molar-refractivity contribution >= 4 is 11.6 Å². The van der Waals surface area contributed by atoms with Gasteiger partial charge in [0.25, 0.3) is 0 Å². The summed E-state index contributed by atoms with van der Waals surface area (Å²) in [5, 5.41) is 0.0475. The van der Waals surface area contributed by atoms with Gasteiger partial charge < -0.3 is 15.2 Å². The molecule has 0 aliphatic carbocycles. The van der Waals surface area contributed by atoms with Crippen LogP contribution in [0.4, 0.5) is 8.78 Å². The summed E-state index contributed by atoms with van der Waals surface area (Å²) in [6.45, 7) is 0. The van der Waals surface area contributed by atoms with Gasteiger partial charge >= 0.3 is 0 Å². The average Bonchev–Trinajstić information content (AvgIpc) is 2.49. The average molecular weight is 314 g/mol. The molecule has 2 aromatic carbocycles. The van der Waals surface area contributed by atoms with Gasteiger partial charge in [0.15, 0.2) is 11.6 Å². The number of ether oxygens (including phenoxy) is 2. The van der Waals surface area contributed by atoms with Crippen molar-refractivity contribution in [1.29, 1.82) is 0 Å². The standard InChI is InChI=1S/C15H14ClF2NO2/c1-20-8-3-4-14(21-2)10(5-8)15(19)9-6-12(17)13(18)7-11(9)16/h3-7,15H,19H2,1-2H3. The molecule has 21 heavy (non-hydrogen) atoms. The van der Waals surface area contributed by atoms with E-state index in [0.717, 1.165) is 12.1 Å². The zero-order valence-electron chi connectivity index (χ0n) is 11.5. The molecular weight excluding hydrogens is 300 g/mol. The Bertz CT molecular complexity index is 664. The van der Waals surface area contributed by atoms with Gasteiger partial charge in [0.1, 0.15) is 11.5 Å². The molecular formula is C15H14ClF2NO2. The topological polar surface area (TPSA) is 44.5 Å². The van der Waals surface area contributed by atoms with Gasteiger partial charge in [-0.15, -0.1) is 0 Å². The largest absolute Gasteiger partial charge is 0.497 e.